The van der Waals surface area contributed by atoms with Gasteiger partial charge in [-0.2, -0.15) is 0 Å². The third-order valence-corrected chi connectivity index (χ3v) is 3.79. The molecule has 20 heavy (non-hydrogen) atoms. The SMILES string of the molecule is CC(=O)NC1(CF)CCc2c(C)c(F)cc(N)c2C1=O. The van der Waals surface area contributed by atoms with E-state index in [0.717, 1.165) is 6.07 Å². The van der Waals surface area contributed by atoms with Gasteiger partial charge in [-0.05, 0) is 37.0 Å². The Labute approximate surface area is 115 Å². The Balaban J connectivity index is 2.59. The normalized spacial score (nSPS) is 21.5. The summed E-state index contributed by atoms with van der Waals surface area (Å²) in [6.45, 7) is 1.77. The van der Waals surface area contributed by atoms with Crippen molar-refractivity contribution in [3.8, 4) is 0 Å². The number of nitrogens with one attached hydrogen (secondary N) is 1. The van der Waals surface area contributed by atoms with E-state index >= 15 is 0 Å². The van der Waals surface area contributed by atoms with Crippen molar-refractivity contribution in [1.82, 2.24) is 5.32 Å². The fraction of sp³-hybridized carbons (Fsp3) is 0.429. The van der Waals surface area contributed by atoms with Crippen molar-refractivity contribution in [3.05, 3.63) is 28.6 Å². The van der Waals surface area contributed by atoms with Crippen LogP contribution in [0.1, 0.15) is 34.8 Å². The van der Waals surface area contributed by atoms with Crippen LogP contribution in [0, 0.1) is 12.7 Å². The van der Waals surface area contributed by atoms with E-state index < -0.39 is 29.7 Å². The number of hydrogen-bond donors (Lipinski definition) is 2. The molecule has 0 bridgehead atoms. The zero-order valence-electron chi connectivity index (χ0n) is 11.3. The van der Waals surface area contributed by atoms with Gasteiger partial charge in [-0.1, -0.05) is 0 Å². The lowest BCUT2D eigenvalue weighted by Gasteiger charge is -2.36. The van der Waals surface area contributed by atoms with Crippen LogP contribution in [0.2, 0.25) is 0 Å². The van der Waals surface area contributed by atoms with Gasteiger partial charge >= 0.3 is 0 Å². The molecule has 0 spiro atoms. The second-order valence-corrected chi connectivity index (χ2v) is 5.15. The van der Waals surface area contributed by atoms with Crippen LogP contribution in [0.3, 0.4) is 0 Å². The highest BCUT2D eigenvalue weighted by Gasteiger charge is 2.45. The summed E-state index contributed by atoms with van der Waals surface area (Å²) in [5.41, 5.74) is 5.08. The topological polar surface area (TPSA) is 72.2 Å². The van der Waals surface area contributed by atoms with Gasteiger partial charge in [0.1, 0.15) is 18.0 Å². The minimum absolute atomic E-state index is 0.0176. The van der Waals surface area contributed by atoms with E-state index in [1.807, 2.05) is 0 Å². The lowest BCUT2D eigenvalue weighted by Crippen LogP contribution is -2.58. The molecule has 4 nitrogen and oxygen atoms in total. The summed E-state index contributed by atoms with van der Waals surface area (Å²) < 4.78 is 27.0. The number of Topliss-reactive ketones (excluding diaryl/α,β-unsaturated/α-hetero) is 1. The molecule has 1 amide bonds. The molecule has 0 heterocycles. The Bertz CT molecular complexity index is 601. The van der Waals surface area contributed by atoms with Gasteiger partial charge in [0.15, 0.2) is 5.78 Å². The second kappa shape index (κ2) is 4.85. The second-order valence-electron chi connectivity index (χ2n) is 5.15. The van der Waals surface area contributed by atoms with Gasteiger partial charge in [0.05, 0.1) is 0 Å². The Morgan fingerprint density at radius 1 is 1.55 bits per heavy atom. The number of nitrogen functional groups attached to an aromatic ring is 1. The van der Waals surface area contributed by atoms with Crippen LogP contribution in [0.5, 0.6) is 0 Å². The van der Waals surface area contributed by atoms with E-state index in [4.69, 9.17) is 5.73 Å². The Hall–Kier alpha value is -1.98. The van der Waals surface area contributed by atoms with E-state index in [0.29, 0.717) is 17.5 Å². The number of halogens is 2. The molecular weight excluding hydrogens is 266 g/mol. The maximum atomic E-state index is 13.6. The van der Waals surface area contributed by atoms with Crippen LogP contribution < -0.4 is 11.1 Å². The summed E-state index contributed by atoms with van der Waals surface area (Å²) in [6, 6.07) is 1.06. The molecule has 0 saturated heterocycles. The average molecular weight is 282 g/mol. The molecule has 2 rings (SSSR count). The molecule has 1 aliphatic carbocycles. The highest BCUT2D eigenvalue weighted by Crippen LogP contribution is 2.35. The maximum Gasteiger partial charge on any atom is 0.217 e. The van der Waals surface area contributed by atoms with Crippen LogP contribution in [-0.4, -0.2) is 23.9 Å². The molecule has 108 valence electrons. The summed E-state index contributed by atoms with van der Waals surface area (Å²) >= 11 is 0. The molecular formula is C14H16F2N2O2. The zero-order valence-corrected chi connectivity index (χ0v) is 11.3. The molecule has 1 aromatic rings. The smallest absolute Gasteiger partial charge is 0.217 e. The molecule has 1 aromatic carbocycles. The van der Waals surface area contributed by atoms with Crippen molar-refractivity contribution in [2.24, 2.45) is 0 Å². The summed E-state index contributed by atoms with van der Waals surface area (Å²) in [6.07, 6.45) is 0.387. The van der Waals surface area contributed by atoms with Crippen LogP contribution in [0.4, 0.5) is 14.5 Å². The molecule has 3 N–H and O–H groups in total. The first-order valence-corrected chi connectivity index (χ1v) is 6.29. The number of alkyl halides is 1. The molecule has 1 unspecified atom stereocenters. The largest absolute Gasteiger partial charge is 0.398 e. The first-order valence-electron chi connectivity index (χ1n) is 6.29. The predicted molar refractivity (Wildman–Crippen MR) is 70.7 cm³/mol. The van der Waals surface area contributed by atoms with Crippen LogP contribution in [-0.2, 0) is 11.2 Å². The number of hydrogen-bond acceptors (Lipinski definition) is 3. The van der Waals surface area contributed by atoms with E-state index in [1.165, 1.54) is 6.92 Å². The van der Waals surface area contributed by atoms with Gasteiger partial charge in [-0.15, -0.1) is 0 Å². The zero-order chi connectivity index (χ0) is 15.1. The number of ketones is 1. The number of fused-ring (bicyclic) bond motifs is 1. The summed E-state index contributed by atoms with van der Waals surface area (Å²) in [5.74, 6) is -1.56. The highest BCUT2D eigenvalue weighted by molar-refractivity contribution is 6.10. The van der Waals surface area contributed by atoms with Gasteiger partial charge in [0, 0.05) is 18.2 Å². The first kappa shape index (κ1) is 14.4. The van der Waals surface area contributed by atoms with Crippen LogP contribution in [0.25, 0.3) is 0 Å². The summed E-state index contributed by atoms with van der Waals surface area (Å²) in [4.78, 5) is 23.8. The van der Waals surface area contributed by atoms with E-state index in [-0.39, 0.29) is 17.7 Å². The summed E-state index contributed by atoms with van der Waals surface area (Å²) in [5, 5.41) is 2.38. The Morgan fingerprint density at radius 2 is 2.20 bits per heavy atom. The lowest BCUT2D eigenvalue weighted by atomic mass is 9.75. The molecule has 0 aromatic heterocycles. The minimum atomic E-state index is -1.59. The van der Waals surface area contributed by atoms with Gasteiger partial charge in [0.25, 0.3) is 0 Å². The number of amides is 1. The maximum absolute atomic E-state index is 13.6. The number of benzene rings is 1. The number of rotatable bonds is 2. The van der Waals surface area contributed by atoms with Crippen molar-refractivity contribution in [3.63, 3.8) is 0 Å². The number of carbonyl (C=O) groups is 2. The number of nitrogens with two attached hydrogens (primary N) is 1. The van der Waals surface area contributed by atoms with Crippen LogP contribution >= 0.6 is 0 Å². The molecule has 0 radical (unpaired) electrons. The van der Waals surface area contributed by atoms with Crippen molar-refractivity contribution in [2.75, 3.05) is 12.4 Å². The minimum Gasteiger partial charge on any atom is -0.398 e. The Morgan fingerprint density at radius 3 is 2.75 bits per heavy atom. The quantitative estimate of drug-likeness (QED) is 0.811. The predicted octanol–water partition coefficient (Wildman–Crippen LogP) is 1.69. The van der Waals surface area contributed by atoms with Crippen molar-refractivity contribution in [1.29, 1.82) is 0 Å². The number of carbonyl (C=O) groups excluding carboxylic acids is 2. The molecule has 0 fully saturated rings. The molecule has 0 saturated carbocycles. The van der Waals surface area contributed by atoms with Crippen molar-refractivity contribution >= 4 is 17.4 Å². The van der Waals surface area contributed by atoms with Crippen molar-refractivity contribution in [2.45, 2.75) is 32.2 Å². The van der Waals surface area contributed by atoms with E-state index in [1.54, 1.807) is 6.92 Å². The number of anilines is 1. The van der Waals surface area contributed by atoms with Crippen LogP contribution in [0.15, 0.2) is 6.07 Å². The molecule has 6 heteroatoms. The average Bonchev–Trinajstić information content (AvgIpc) is 2.37. The van der Waals surface area contributed by atoms with E-state index in [9.17, 15) is 18.4 Å². The highest BCUT2D eigenvalue weighted by atomic mass is 19.1. The van der Waals surface area contributed by atoms with Crippen molar-refractivity contribution < 1.29 is 18.4 Å². The lowest BCUT2D eigenvalue weighted by molar-refractivity contribution is -0.120. The van der Waals surface area contributed by atoms with Gasteiger partial charge in [-0.3, -0.25) is 9.59 Å². The fourth-order valence-electron chi connectivity index (χ4n) is 2.71. The molecule has 1 atom stereocenters. The standard InChI is InChI=1S/C14H16F2N2O2/c1-7-9-3-4-14(6-15,18-8(2)19)13(20)12(9)11(17)5-10(7)16/h5H,3-4,6,17H2,1-2H3,(H,18,19). The first-order chi connectivity index (χ1) is 9.32. The van der Waals surface area contributed by atoms with Gasteiger partial charge in [-0.25, -0.2) is 8.78 Å². The van der Waals surface area contributed by atoms with E-state index in [2.05, 4.69) is 5.32 Å². The fourth-order valence-corrected chi connectivity index (χ4v) is 2.71. The summed E-state index contributed by atoms with van der Waals surface area (Å²) in [7, 11) is 0. The molecule has 1 aliphatic rings. The monoisotopic (exact) mass is 282 g/mol. The third-order valence-electron chi connectivity index (χ3n) is 3.79. The Kier molecular flexibility index (Phi) is 3.50. The third kappa shape index (κ3) is 2.05. The van der Waals surface area contributed by atoms with Gasteiger partial charge in [0.2, 0.25) is 5.91 Å². The van der Waals surface area contributed by atoms with Gasteiger partial charge < -0.3 is 11.1 Å². The molecule has 0 aliphatic heterocycles.